The quantitative estimate of drug-likeness (QED) is 0.544. The second kappa shape index (κ2) is 6.39. The fourth-order valence-corrected chi connectivity index (χ4v) is 4.71. The van der Waals surface area contributed by atoms with Gasteiger partial charge in [0.25, 0.3) is 0 Å². The topological polar surface area (TPSA) is 6.48 Å². The Kier molecular flexibility index (Phi) is 4.35. The van der Waals surface area contributed by atoms with Gasteiger partial charge in [0.05, 0.1) is 0 Å². The zero-order chi connectivity index (χ0) is 12.9. The van der Waals surface area contributed by atoms with E-state index in [1.54, 1.807) is 0 Å². The predicted octanol–water partition coefficient (Wildman–Crippen LogP) is -0.318. The number of nitrogens with zero attached hydrogens (tertiary/aromatic N) is 2. The van der Waals surface area contributed by atoms with E-state index < -0.39 is 0 Å². The van der Waals surface area contributed by atoms with Gasteiger partial charge in [-0.1, -0.05) is 0 Å². The van der Waals surface area contributed by atoms with E-state index >= 15 is 0 Å². The van der Waals surface area contributed by atoms with Crippen LogP contribution in [-0.4, -0.2) is 29.3 Å². The summed E-state index contributed by atoms with van der Waals surface area (Å²) in [5.41, 5.74) is 1.36. The molecule has 0 N–H and O–H groups in total. The summed E-state index contributed by atoms with van der Waals surface area (Å²) >= 11 is 0.0228. The minimum atomic E-state index is 0.0228. The fourth-order valence-electron chi connectivity index (χ4n) is 2.27. The Morgan fingerprint density at radius 1 is 0.684 bits per heavy atom. The van der Waals surface area contributed by atoms with E-state index in [9.17, 15) is 0 Å². The maximum absolute atomic E-state index is 2.65. The van der Waals surface area contributed by atoms with Crippen LogP contribution in [0, 0.1) is 3.57 Å². The van der Waals surface area contributed by atoms with E-state index in [-0.39, 0.29) is 21.5 Å². The SMILES string of the molecule is c1ccc([I-]N2CCN(c3ccccc3)CC2)cc1. The summed E-state index contributed by atoms with van der Waals surface area (Å²) in [7, 11) is 0. The van der Waals surface area contributed by atoms with E-state index in [4.69, 9.17) is 0 Å². The van der Waals surface area contributed by atoms with Crippen molar-refractivity contribution in [2.45, 2.75) is 0 Å². The Hall–Kier alpha value is -1.07. The van der Waals surface area contributed by atoms with Gasteiger partial charge in [-0.15, -0.1) is 0 Å². The molecular formula is C16H18IN2-. The van der Waals surface area contributed by atoms with Crippen molar-refractivity contribution in [1.29, 1.82) is 0 Å². The van der Waals surface area contributed by atoms with Gasteiger partial charge in [0, 0.05) is 0 Å². The first-order chi connectivity index (χ1) is 9.42. The third-order valence-corrected chi connectivity index (χ3v) is 6.22. The van der Waals surface area contributed by atoms with Crippen LogP contribution in [0.1, 0.15) is 0 Å². The number of halogens is 1. The molecule has 0 saturated carbocycles. The Morgan fingerprint density at radius 3 is 1.89 bits per heavy atom. The molecule has 0 spiro atoms. The molecule has 1 aliphatic heterocycles. The van der Waals surface area contributed by atoms with Crippen LogP contribution >= 0.6 is 0 Å². The zero-order valence-corrected chi connectivity index (χ0v) is 13.0. The summed E-state index contributed by atoms with van der Waals surface area (Å²) in [6, 6.07) is 21.7. The van der Waals surface area contributed by atoms with E-state index in [2.05, 4.69) is 68.7 Å². The molecule has 1 heterocycles. The van der Waals surface area contributed by atoms with Gasteiger partial charge in [0.15, 0.2) is 0 Å². The van der Waals surface area contributed by atoms with Crippen molar-refractivity contribution in [3.8, 4) is 0 Å². The van der Waals surface area contributed by atoms with E-state index in [1.807, 2.05) is 0 Å². The molecule has 0 bridgehead atoms. The van der Waals surface area contributed by atoms with Crippen molar-refractivity contribution in [2.24, 2.45) is 0 Å². The van der Waals surface area contributed by atoms with Gasteiger partial charge in [0.1, 0.15) is 0 Å². The Labute approximate surface area is 125 Å². The molecule has 2 aromatic carbocycles. The van der Waals surface area contributed by atoms with Crippen LogP contribution in [0.5, 0.6) is 0 Å². The maximum atomic E-state index is 2.65. The first kappa shape index (κ1) is 12.9. The van der Waals surface area contributed by atoms with Crippen LogP contribution in [0.25, 0.3) is 0 Å². The molecule has 1 fully saturated rings. The average molecular weight is 365 g/mol. The van der Waals surface area contributed by atoms with E-state index in [0.29, 0.717) is 0 Å². The average Bonchev–Trinajstić information content (AvgIpc) is 2.50. The Bertz CT molecular complexity index is 493. The van der Waals surface area contributed by atoms with E-state index in [1.165, 1.54) is 22.3 Å². The molecule has 0 aliphatic carbocycles. The van der Waals surface area contributed by atoms with Crippen LogP contribution in [0.4, 0.5) is 5.69 Å². The summed E-state index contributed by atoms with van der Waals surface area (Å²) < 4.78 is 4.17. The summed E-state index contributed by atoms with van der Waals surface area (Å²) in [5, 5.41) is 0. The second-order valence-corrected chi connectivity index (χ2v) is 7.71. The van der Waals surface area contributed by atoms with Gasteiger partial charge in [-0.25, -0.2) is 0 Å². The van der Waals surface area contributed by atoms with Crippen LogP contribution in [0.15, 0.2) is 60.7 Å². The van der Waals surface area contributed by atoms with Crippen molar-refractivity contribution in [3.63, 3.8) is 0 Å². The molecule has 0 amide bonds. The molecule has 1 aliphatic rings. The zero-order valence-electron chi connectivity index (χ0n) is 10.9. The summed E-state index contributed by atoms with van der Waals surface area (Å²) in [6.45, 7) is 4.68. The van der Waals surface area contributed by atoms with Crippen LogP contribution in [-0.2, 0) is 0 Å². The number of hydrogen-bond donors (Lipinski definition) is 0. The number of rotatable bonds is 3. The van der Waals surface area contributed by atoms with Gasteiger partial charge >= 0.3 is 126 Å². The third-order valence-electron chi connectivity index (χ3n) is 3.30. The van der Waals surface area contributed by atoms with Gasteiger partial charge in [-0.3, -0.25) is 0 Å². The minimum absolute atomic E-state index is 0.0228. The molecule has 1 saturated heterocycles. The summed E-state index contributed by atoms with van der Waals surface area (Å²) in [6.07, 6.45) is 0. The summed E-state index contributed by atoms with van der Waals surface area (Å²) in [4.78, 5) is 2.49. The van der Waals surface area contributed by atoms with Crippen molar-refractivity contribution in [2.75, 3.05) is 31.1 Å². The Balaban J connectivity index is 1.55. The van der Waals surface area contributed by atoms with Crippen molar-refractivity contribution >= 4 is 5.69 Å². The summed E-state index contributed by atoms with van der Waals surface area (Å²) in [5.74, 6) is 0. The van der Waals surface area contributed by atoms with Crippen LogP contribution in [0.3, 0.4) is 0 Å². The van der Waals surface area contributed by atoms with Crippen LogP contribution in [0.2, 0.25) is 0 Å². The molecule has 0 atom stereocenters. The molecular weight excluding hydrogens is 347 g/mol. The standard InChI is InChI=1S/C16H18IN2/c1-3-7-15(8-4-1)17-19-13-11-18(12-14-19)16-9-5-2-6-10-16/h1-10H,11-14H2/q-1. The number of anilines is 1. The number of hydrogen-bond acceptors (Lipinski definition) is 2. The number of para-hydroxylation sites is 1. The fraction of sp³-hybridized carbons (Fsp3) is 0.250. The molecule has 2 nitrogen and oxygen atoms in total. The number of piperazine rings is 1. The Morgan fingerprint density at radius 2 is 1.26 bits per heavy atom. The van der Waals surface area contributed by atoms with Gasteiger partial charge in [0.2, 0.25) is 0 Å². The second-order valence-electron chi connectivity index (χ2n) is 4.61. The van der Waals surface area contributed by atoms with Crippen molar-refractivity contribution in [1.82, 2.24) is 3.11 Å². The molecule has 0 radical (unpaired) electrons. The first-order valence-corrected chi connectivity index (χ1v) is 8.71. The molecule has 0 aromatic heterocycles. The normalized spacial score (nSPS) is 16.7. The molecule has 100 valence electrons. The van der Waals surface area contributed by atoms with Crippen molar-refractivity contribution < 1.29 is 21.5 Å². The third kappa shape index (κ3) is 3.48. The van der Waals surface area contributed by atoms with Crippen molar-refractivity contribution in [3.05, 3.63) is 64.2 Å². The molecule has 3 heteroatoms. The first-order valence-electron chi connectivity index (χ1n) is 6.67. The van der Waals surface area contributed by atoms with Gasteiger partial charge < -0.3 is 0 Å². The monoisotopic (exact) mass is 365 g/mol. The molecule has 3 rings (SSSR count). The predicted molar refractivity (Wildman–Crippen MR) is 75.4 cm³/mol. The van der Waals surface area contributed by atoms with Gasteiger partial charge in [-0.05, 0) is 0 Å². The molecule has 19 heavy (non-hydrogen) atoms. The molecule has 0 unspecified atom stereocenters. The molecule has 2 aromatic rings. The van der Waals surface area contributed by atoms with Crippen LogP contribution < -0.4 is 26.4 Å². The number of benzene rings is 2. The van der Waals surface area contributed by atoms with Gasteiger partial charge in [-0.2, -0.15) is 0 Å². The van der Waals surface area contributed by atoms with E-state index in [0.717, 1.165) is 13.1 Å².